The largest absolute Gasteiger partial charge is 0.391 e. The zero-order valence-electron chi connectivity index (χ0n) is 12.8. The highest BCUT2D eigenvalue weighted by molar-refractivity contribution is 5.77. The number of likely N-dealkylation sites (tertiary alicyclic amines) is 1. The van der Waals surface area contributed by atoms with Crippen LogP contribution >= 0.6 is 0 Å². The summed E-state index contributed by atoms with van der Waals surface area (Å²) < 4.78 is 5.68. The smallest absolute Gasteiger partial charge is 0.223 e. The molecule has 0 saturated carbocycles. The van der Waals surface area contributed by atoms with E-state index in [0.29, 0.717) is 19.4 Å². The topological polar surface area (TPSA) is 53.0 Å². The van der Waals surface area contributed by atoms with Crippen molar-refractivity contribution in [1.29, 1.82) is 0 Å². The molecule has 2 rings (SSSR count). The van der Waals surface area contributed by atoms with E-state index in [1.807, 2.05) is 19.0 Å². The summed E-state index contributed by atoms with van der Waals surface area (Å²) in [5, 5.41) is 9.81. The maximum absolute atomic E-state index is 12.4. The van der Waals surface area contributed by atoms with Crippen LogP contribution < -0.4 is 0 Å². The molecule has 0 radical (unpaired) electrons. The van der Waals surface area contributed by atoms with Crippen molar-refractivity contribution in [1.82, 2.24) is 9.80 Å². The minimum atomic E-state index is -0.366. The van der Waals surface area contributed by atoms with Gasteiger partial charge < -0.3 is 19.6 Å². The van der Waals surface area contributed by atoms with Gasteiger partial charge in [-0.05, 0) is 46.2 Å². The summed E-state index contributed by atoms with van der Waals surface area (Å²) in [4.78, 5) is 16.3. The summed E-state index contributed by atoms with van der Waals surface area (Å²) in [6, 6.07) is 0.153. The van der Waals surface area contributed by atoms with Crippen molar-refractivity contribution in [3.63, 3.8) is 0 Å². The molecule has 0 spiro atoms. The Morgan fingerprint density at radius 3 is 2.85 bits per heavy atom. The summed E-state index contributed by atoms with van der Waals surface area (Å²) in [7, 11) is 4.01. The lowest BCUT2D eigenvalue weighted by Gasteiger charge is -2.28. The molecule has 20 heavy (non-hydrogen) atoms. The number of hydrogen-bond donors (Lipinski definition) is 1. The van der Waals surface area contributed by atoms with E-state index in [1.54, 1.807) is 0 Å². The number of aliphatic hydroxyl groups excluding tert-OH is 1. The van der Waals surface area contributed by atoms with Gasteiger partial charge in [0.15, 0.2) is 0 Å². The Morgan fingerprint density at radius 2 is 2.20 bits per heavy atom. The van der Waals surface area contributed by atoms with Crippen LogP contribution in [0.1, 0.15) is 38.5 Å². The van der Waals surface area contributed by atoms with Gasteiger partial charge in [0.25, 0.3) is 0 Å². The van der Waals surface area contributed by atoms with Gasteiger partial charge >= 0.3 is 0 Å². The quantitative estimate of drug-likeness (QED) is 0.813. The number of aliphatic hydroxyl groups is 1. The van der Waals surface area contributed by atoms with Gasteiger partial charge in [-0.15, -0.1) is 0 Å². The monoisotopic (exact) mass is 284 g/mol. The molecule has 3 unspecified atom stereocenters. The molecule has 1 amide bonds. The first-order valence-electron chi connectivity index (χ1n) is 7.80. The van der Waals surface area contributed by atoms with Crippen LogP contribution in [0.2, 0.25) is 0 Å². The average Bonchev–Trinajstić information content (AvgIpc) is 2.77. The van der Waals surface area contributed by atoms with Crippen LogP contribution in [-0.4, -0.2) is 72.9 Å². The van der Waals surface area contributed by atoms with E-state index in [9.17, 15) is 9.90 Å². The fraction of sp³-hybridized carbons (Fsp3) is 0.933. The van der Waals surface area contributed by atoms with E-state index < -0.39 is 0 Å². The minimum Gasteiger partial charge on any atom is -0.391 e. The standard InChI is InChI=1S/C15H28N2O3/c1-16(2)10-12-9-13(18)11-17(12)15(19)7-6-14-5-3-4-8-20-14/h12-14,18H,3-11H2,1-2H3. The average molecular weight is 284 g/mol. The van der Waals surface area contributed by atoms with Gasteiger partial charge in [0.1, 0.15) is 0 Å². The second-order valence-electron chi connectivity index (χ2n) is 6.38. The Labute approximate surface area is 121 Å². The van der Waals surface area contributed by atoms with Gasteiger partial charge in [-0.25, -0.2) is 0 Å². The summed E-state index contributed by atoms with van der Waals surface area (Å²) in [6.45, 7) is 2.15. The molecular weight excluding hydrogens is 256 g/mol. The fourth-order valence-corrected chi connectivity index (χ4v) is 3.26. The Hall–Kier alpha value is -0.650. The summed E-state index contributed by atoms with van der Waals surface area (Å²) in [6.07, 6.45) is 5.39. The second kappa shape index (κ2) is 7.38. The maximum Gasteiger partial charge on any atom is 0.223 e. The first-order valence-corrected chi connectivity index (χ1v) is 7.80. The molecule has 1 N–H and O–H groups in total. The van der Waals surface area contributed by atoms with Crippen LogP contribution in [0.4, 0.5) is 0 Å². The van der Waals surface area contributed by atoms with Gasteiger partial charge in [0, 0.05) is 32.2 Å². The Bertz CT molecular complexity index is 316. The van der Waals surface area contributed by atoms with E-state index in [4.69, 9.17) is 4.74 Å². The van der Waals surface area contributed by atoms with Gasteiger partial charge in [-0.3, -0.25) is 4.79 Å². The van der Waals surface area contributed by atoms with Gasteiger partial charge in [-0.1, -0.05) is 0 Å². The summed E-state index contributed by atoms with van der Waals surface area (Å²) >= 11 is 0. The number of hydrogen-bond acceptors (Lipinski definition) is 4. The molecule has 0 aliphatic carbocycles. The second-order valence-corrected chi connectivity index (χ2v) is 6.38. The summed E-state index contributed by atoms with van der Waals surface area (Å²) in [5.41, 5.74) is 0. The van der Waals surface area contributed by atoms with Crippen molar-refractivity contribution in [3.05, 3.63) is 0 Å². The zero-order valence-corrected chi connectivity index (χ0v) is 12.8. The zero-order chi connectivity index (χ0) is 14.5. The molecule has 5 heteroatoms. The van der Waals surface area contributed by atoms with Crippen molar-refractivity contribution in [2.75, 3.05) is 33.8 Å². The number of amides is 1. The fourth-order valence-electron chi connectivity index (χ4n) is 3.26. The number of nitrogens with zero attached hydrogens (tertiary/aromatic N) is 2. The van der Waals surface area contributed by atoms with Crippen LogP contribution in [0.3, 0.4) is 0 Å². The lowest BCUT2D eigenvalue weighted by Crippen LogP contribution is -2.41. The van der Waals surface area contributed by atoms with Gasteiger partial charge in [-0.2, -0.15) is 0 Å². The number of rotatable bonds is 5. The minimum absolute atomic E-state index is 0.153. The highest BCUT2D eigenvalue weighted by Gasteiger charge is 2.34. The van der Waals surface area contributed by atoms with Crippen LogP contribution in [-0.2, 0) is 9.53 Å². The summed E-state index contributed by atoms with van der Waals surface area (Å²) in [5.74, 6) is 0.169. The van der Waals surface area contributed by atoms with Gasteiger partial charge in [0.2, 0.25) is 5.91 Å². The Morgan fingerprint density at radius 1 is 1.40 bits per heavy atom. The van der Waals surface area contributed by atoms with E-state index in [0.717, 1.165) is 32.4 Å². The van der Waals surface area contributed by atoms with Gasteiger partial charge in [0.05, 0.1) is 12.2 Å². The highest BCUT2D eigenvalue weighted by Crippen LogP contribution is 2.22. The van der Waals surface area contributed by atoms with Crippen LogP contribution in [0.5, 0.6) is 0 Å². The third-order valence-corrected chi connectivity index (χ3v) is 4.24. The lowest BCUT2D eigenvalue weighted by molar-refractivity contribution is -0.133. The third kappa shape index (κ3) is 4.43. The highest BCUT2D eigenvalue weighted by atomic mass is 16.5. The molecule has 0 aromatic carbocycles. The number of carbonyl (C=O) groups is 1. The maximum atomic E-state index is 12.4. The Kier molecular flexibility index (Phi) is 5.81. The van der Waals surface area contributed by atoms with Crippen LogP contribution in [0, 0.1) is 0 Å². The van der Waals surface area contributed by atoms with Crippen LogP contribution in [0.15, 0.2) is 0 Å². The predicted molar refractivity (Wildman–Crippen MR) is 77.5 cm³/mol. The number of carbonyl (C=O) groups excluding carboxylic acids is 1. The predicted octanol–water partition coefficient (Wildman–Crippen LogP) is 0.859. The first-order chi connectivity index (χ1) is 9.56. The van der Waals surface area contributed by atoms with Crippen molar-refractivity contribution >= 4 is 5.91 Å². The number of likely N-dealkylation sites (N-methyl/N-ethyl adjacent to an activating group) is 1. The number of ether oxygens (including phenoxy) is 1. The molecule has 2 saturated heterocycles. The molecule has 2 fully saturated rings. The van der Waals surface area contributed by atoms with E-state index in [-0.39, 0.29) is 24.2 Å². The van der Waals surface area contributed by atoms with Crippen molar-refractivity contribution in [2.24, 2.45) is 0 Å². The molecule has 2 aliphatic rings. The van der Waals surface area contributed by atoms with Crippen LogP contribution in [0.25, 0.3) is 0 Å². The van der Waals surface area contributed by atoms with Crippen molar-refractivity contribution in [3.8, 4) is 0 Å². The molecule has 0 aromatic heterocycles. The molecule has 3 atom stereocenters. The number of β-amino-alcohol motifs (C(OH)–C–C–N with tert-alkyl or cyclic N) is 1. The molecule has 116 valence electrons. The molecule has 2 heterocycles. The van der Waals surface area contributed by atoms with E-state index in [1.165, 1.54) is 6.42 Å². The molecular formula is C15H28N2O3. The molecule has 0 bridgehead atoms. The Balaban J connectivity index is 1.80. The van der Waals surface area contributed by atoms with Crippen molar-refractivity contribution in [2.45, 2.75) is 56.8 Å². The van der Waals surface area contributed by atoms with E-state index in [2.05, 4.69) is 4.90 Å². The lowest BCUT2D eigenvalue weighted by atomic mass is 10.0. The SMILES string of the molecule is CN(C)CC1CC(O)CN1C(=O)CCC1CCCCO1. The molecule has 5 nitrogen and oxygen atoms in total. The molecule has 2 aliphatic heterocycles. The first kappa shape index (κ1) is 15.7. The molecule has 0 aromatic rings. The van der Waals surface area contributed by atoms with Crippen molar-refractivity contribution < 1.29 is 14.6 Å². The van der Waals surface area contributed by atoms with E-state index >= 15 is 0 Å². The third-order valence-electron chi connectivity index (χ3n) is 4.24. The normalized spacial score (nSPS) is 31.0.